The van der Waals surface area contributed by atoms with Crippen LogP contribution in [-0.2, 0) is 26.2 Å². The third kappa shape index (κ3) is 8.26. The third-order valence-electron chi connectivity index (χ3n) is 7.64. The van der Waals surface area contributed by atoms with Gasteiger partial charge in [-0.2, -0.15) is 0 Å². The van der Waals surface area contributed by atoms with E-state index in [0.29, 0.717) is 22.8 Å². The fourth-order valence-electron chi connectivity index (χ4n) is 5.26. The van der Waals surface area contributed by atoms with E-state index in [1.807, 2.05) is 0 Å². The van der Waals surface area contributed by atoms with Gasteiger partial charge in [-0.1, -0.05) is 49.9 Å². The summed E-state index contributed by atoms with van der Waals surface area (Å²) in [5.41, 5.74) is 0.838. The molecule has 0 radical (unpaired) electrons. The highest BCUT2D eigenvalue weighted by molar-refractivity contribution is 7.92. The average molecular weight is 630 g/mol. The standard InChI is InChI=1S/C32H37ClFN3O5S/c1-3-30(32(39)35-26-7-5-4-6-8-26)36(21-23-9-13-25(34)14-10-23)31(38)22-37(27-15-11-24(33)12-16-27)43(40,41)29-19-17-28(42-2)18-20-29/h9-20,26,30H,3-8,21-22H2,1-2H3,(H,35,39). The van der Waals surface area contributed by atoms with Crippen LogP contribution in [0.4, 0.5) is 10.1 Å². The zero-order chi connectivity index (χ0) is 31.0. The summed E-state index contributed by atoms with van der Waals surface area (Å²) in [6.45, 7) is 1.22. The Morgan fingerprint density at radius 2 is 1.60 bits per heavy atom. The van der Waals surface area contributed by atoms with Crippen molar-refractivity contribution in [1.29, 1.82) is 0 Å². The molecule has 1 saturated carbocycles. The number of anilines is 1. The number of carbonyl (C=O) groups is 2. The first kappa shape index (κ1) is 32.3. The van der Waals surface area contributed by atoms with E-state index in [-0.39, 0.29) is 29.1 Å². The molecule has 1 atom stereocenters. The molecule has 8 nitrogen and oxygen atoms in total. The SMILES string of the molecule is CCC(C(=O)NC1CCCCC1)N(Cc1ccc(F)cc1)C(=O)CN(c1ccc(Cl)cc1)S(=O)(=O)c1ccc(OC)cc1. The monoisotopic (exact) mass is 629 g/mol. The number of halogens is 2. The summed E-state index contributed by atoms with van der Waals surface area (Å²) in [5, 5.41) is 3.51. The molecule has 2 amide bonds. The highest BCUT2D eigenvalue weighted by atomic mass is 35.5. The van der Waals surface area contributed by atoms with E-state index in [1.165, 1.54) is 60.5 Å². The topological polar surface area (TPSA) is 96.0 Å². The van der Waals surface area contributed by atoms with Crippen molar-refractivity contribution in [3.8, 4) is 5.75 Å². The minimum Gasteiger partial charge on any atom is -0.497 e. The van der Waals surface area contributed by atoms with Crippen LogP contribution in [0.5, 0.6) is 5.75 Å². The molecule has 0 heterocycles. The maximum Gasteiger partial charge on any atom is 0.264 e. The quantitative estimate of drug-likeness (QED) is 0.268. The lowest BCUT2D eigenvalue weighted by Crippen LogP contribution is -2.54. The number of nitrogens with one attached hydrogen (secondary N) is 1. The molecule has 0 aliphatic heterocycles. The molecule has 1 fully saturated rings. The Bertz CT molecular complexity index is 1480. The minimum absolute atomic E-state index is 0.00719. The van der Waals surface area contributed by atoms with Crippen LogP contribution in [0.3, 0.4) is 0 Å². The molecule has 0 aromatic heterocycles. The summed E-state index contributed by atoms with van der Waals surface area (Å²) in [7, 11) is -2.76. The number of sulfonamides is 1. The molecule has 4 rings (SSSR count). The van der Waals surface area contributed by atoms with Crippen LogP contribution < -0.4 is 14.4 Å². The molecule has 43 heavy (non-hydrogen) atoms. The molecule has 1 aliphatic carbocycles. The summed E-state index contributed by atoms with van der Waals surface area (Å²) < 4.78 is 47.8. The average Bonchev–Trinajstić information content (AvgIpc) is 3.01. The number of rotatable bonds is 12. The number of hydrogen-bond donors (Lipinski definition) is 1. The van der Waals surface area contributed by atoms with E-state index in [4.69, 9.17) is 16.3 Å². The second kappa shape index (κ2) is 14.7. The lowest BCUT2D eigenvalue weighted by Gasteiger charge is -2.34. The van der Waals surface area contributed by atoms with Gasteiger partial charge in [0.25, 0.3) is 10.0 Å². The maximum atomic E-state index is 14.2. The van der Waals surface area contributed by atoms with Gasteiger partial charge in [-0.15, -0.1) is 0 Å². The zero-order valence-corrected chi connectivity index (χ0v) is 25.9. The Labute approximate surface area is 257 Å². The number of carbonyl (C=O) groups excluding carboxylic acids is 2. The first-order valence-corrected chi connectivity index (χ1v) is 16.2. The van der Waals surface area contributed by atoms with E-state index in [2.05, 4.69) is 5.32 Å². The van der Waals surface area contributed by atoms with Crippen LogP contribution in [0, 0.1) is 5.82 Å². The molecular weight excluding hydrogens is 593 g/mol. The summed E-state index contributed by atoms with van der Waals surface area (Å²) >= 11 is 6.09. The fourth-order valence-corrected chi connectivity index (χ4v) is 6.80. The number of hydrogen-bond acceptors (Lipinski definition) is 5. The van der Waals surface area contributed by atoms with Crippen LogP contribution in [0.1, 0.15) is 51.0 Å². The molecule has 0 bridgehead atoms. The molecule has 230 valence electrons. The summed E-state index contributed by atoms with van der Waals surface area (Å²) in [5.74, 6) is -0.820. The Hall–Kier alpha value is -3.63. The molecule has 0 saturated heterocycles. The van der Waals surface area contributed by atoms with Gasteiger partial charge in [-0.3, -0.25) is 13.9 Å². The van der Waals surface area contributed by atoms with Gasteiger partial charge in [0.2, 0.25) is 11.8 Å². The lowest BCUT2D eigenvalue weighted by molar-refractivity contribution is -0.140. The molecule has 3 aromatic carbocycles. The van der Waals surface area contributed by atoms with Crippen molar-refractivity contribution in [3.63, 3.8) is 0 Å². The van der Waals surface area contributed by atoms with Gasteiger partial charge in [0.15, 0.2) is 0 Å². The highest BCUT2D eigenvalue weighted by Gasteiger charge is 2.34. The number of amides is 2. The van der Waals surface area contributed by atoms with Gasteiger partial charge in [0.05, 0.1) is 17.7 Å². The van der Waals surface area contributed by atoms with Crippen molar-refractivity contribution in [1.82, 2.24) is 10.2 Å². The fraction of sp³-hybridized carbons (Fsp3) is 0.375. The Kier molecular flexibility index (Phi) is 11.0. The van der Waals surface area contributed by atoms with Crippen LogP contribution in [0.2, 0.25) is 5.02 Å². The van der Waals surface area contributed by atoms with E-state index in [1.54, 1.807) is 31.2 Å². The smallest absolute Gasteiger partial charge is 0.264 e. The largest absolute Gasteiger partial charge is 0.497 e. The van der Waals surface area contributed by atoms with Crippen molar-refractivity contribution in [2.24, 2.45) is 0 Å². The van der Waals surface area contributed by atoms with Crippen LogP contribution in [-0.4, -0.2) is 50.9 Å². The molecule has 1 unspecified atom stereocenters. The van der Waals surface area contributed by atoms with Crippen LogP contribution in [0.15, 0.2) is 77.7 Å². The van der Waals surface area contributed by atoms with Crippen LogP contribution in [0.25, 0.3) is 0 Å². The predicted molar refractivity (Wildman–Crippen MR) is 165 cm³/mol. The first-order valence-electron chi connectivity index (χ1n) is 14.4. The van der Waals surface area contributed by atoms with Gasteiger partial charge < -0.3 is 15.0 Å². The van der Waals surface area contributed by atoms with Crippen molar-refractivity contribution in [2.75, 3.05) is 18.0 Å². The van der Waals surface area contributed by atoms with Crippen molar-refractivity contribution < 1.29 is 27.1 Å². The molecular formula is C32H37ClFN3O5S. The van der Waals surface area contributed by atoms with Gasteiger partial charge in [-0.05, 0) is 85.5 Å². The van der Waals surface area contributed by atoms with Crippen LogP contribution >= 0.6 is 11.6 Å². The summed E-state index contributed by atoms with van der Waals surface area (Å²) in [6, 6.07) is 16.8. The highest BCUT2D eigenvalue weighted by Crippen LogP contribution is 2.27. The number of ether oxygens (including phenoxy) is 1. The Morgan fingerprint density at radius 3 is 2.19 bits per heavy atom. The maximum absolute atomic E-state index is 14.2. The van der Waals surface area contributed by atoms with Crippen molar-refractivity contribution in [2.45, 2.75) is 69.0 Å². The molecule has 11 heteroatoms. The first-order chi connectivity index (χ1) is 20.6. The normalized spacial score (nSPS) is 14.5. The second-order valence-electron chi connectivity index (χ2n) is 10.6. The van der Waals surface area contributed by atoms with E-state index >= 15 is 0 Å². The van der Waals surface area contributed by atoms with Crippen molar-refractivity contribution >= 4 is 39.1 Å². The van der Waals surface area contributed by atoms with E-state index in [0.717, 1.165) is 36.4 Å². The third-order valence-corrected chi connectivity index (χ3v) is 9.68. The minimum atomic E-state index is -4.24. The van der Waals surface area contributed by atoms with E-state index < -0.39 is 34.3 Å². The molecule has 0 spiro atoms. The number of nitrogens with zero attached hydrogens (tertiary/aromatic N) is 2. The van der Waals surface area contributed by atoms with Crippen molar-refractivity contribution in [3.05, 3.63) is 89.2 Å². The molecule has 1 aliphatic rings. The van der Waals surface area contributed by atoms with Gasteiger partial charge in [0, 0.05) is 17.6 Å². The lowest BCUT2D eigenvalue weighted by atomic mass is 9.95. The Morgan fingerprint density at radius 1 is 0.977 bits per heavy atom. The summed E-state index contributed by atoms with van der Waals surface area (Å²) in [6.07, 6.45) is 5.23. The van der Waals surface area contributed by atoms with Gasteiger partial charge in [0.1, 0.15) is 24.2 Å². The van der Waals surface area contributed by atoms with Gasteiger partial charge >= 0.3 is 0 Å². The van der Waals surface area contributed by atoms with Gasteiger partial charge in [-0.25, -0.2) is 12.8 Å². The number of methoxy groups -OCH3 is 1. The summed E-state index contributed by atoms with van der Waals surface area (Å²) in [4.78, 5) is 29.1. The Balaban J connectivity index is 1.69. The molecule has 3 aromatic rings. The number of benzene rings is 3. The zero-order valence-electron chi connectivity index (χ0n) is 24.3. The van der Waals surface area contributed by atoms with E-state index in [9.17, 15) is 22.4 Å². The predicted octanol–water partition coefficient (Wildman–Crippen LogP) is 5.94. The molecule has 1 N–H and O–H groups in total. The second-order valence-corrected chi connectivity index (χ2v) is 12.9.